The molecule has 0 bridgehead atoms. The van der Waals surface area contributed by atoms with Crippen molar-refractivity contribution in [3.63, 3.8) is 0 Å². The number of halogens is 2. The molecule has 0 heterocycles. The Morgan fingerprint density at radius 2 is 2.28 bits per heavy atom. The van der Waals surface area contributed by atoms with E-state index in [4.69, 9.17) is 0 Å². The Bertz CT molecular complexity index is 414. The second-order valence-corrected chi connectivity index (χ2v) is 7.46. The van der Waals surface area contributed by atoms with Gasteiger partial charge in [-0.1, -0.05) is 22.9 Å². The molecule has 1 atom stereocenters. The van der Waals surface area contributed by atoms with Crippen molar-refractivity contribution in [3.8, 4) is 0 Å². The molecule has 0 aliphatic heterocycles. The van der Waals surface area contributed by atoms with Crippen molar-refractivity contribution in [2.45, 2.75) is 26.3 Å². The second kappa shape index (κ2) is 8.43. The molecule has 1 amide bonds. The zero-order valence-electron chi connectivity index (χ0n) is 10.5. The zero-order valence-corrected chi connectivity index (χ0v) is 15.1. The maximum atomic E-state index is 12.1. The number of benzene rings is 1. The molecule has 5 heteroatoms. The number of hydrogen-bond donors (Lipinski definition) is 1. The highest BCUT2D eigenvalue weighted by atomic mass is 127. The van der Waals surface area contributed by atoms with Crippen LogP contribution in [0.3, 0.4) is 0 Å². The molecular weight excluding hydrogens is 425 g/mol. The first-order valence-corrected chi connectivity index (χ1v) is 8.91. The van der Waals surface area contributed by atoms with Crippen molar-refractivity contribution in [2.75, 3.05) is 11.5 Å². The summed E-state index contributed by atoms with van der Waals surface area (Å²) in [5.41, 5.74) is 0.736. The Morgan fingerprint density at radius 1 is 1.56 bits per heavy atom. The molecule has 0 saturated carbocycles. The number of thioether (sulfide) groups is 1. The summed E-state index contributed by atoms with van der Waals surface area (Å²) in [5, 5.41) is 3.05. The smallest absolute Gasteiger partial charge is 0.252 e. The zero-order chi connectivity index (χ0) is 13.5. The summed E-state index contributed by atoms with van der Waals surface area (Å²) in [6.07, 6.45) is 1.01. The minimum absolute atomic E-state index is 0.00898. The van der Waals surface area contributed by atoms with Crippen LogP contribution >= 0.6 is 50.3 Å². The molecule has 0 spiro atoms. The van der Waals surface area contributed by atoms with Crippen molar-refractivity contribution < 1.29 is 4.79 Å². The highest BCUT2D eigenvalue weighted by molar-refractivity contribution is 14.1. The number of rotatable bonds is 6. The topological polar surface area (TPSA) is 29.1 Å². The number of carbonyl (C=O) groups is 1. The fraction of sp³-hybridized carbons (Fsp3) is 0.462. The Hall–Kier alpha value is 0.250. The van der Waals surface area contributed by atoms with Crippen molar-refractivity contribution in [1.29, 1.82) is 0 Å². The largest absolute Gasteiger partial charge is 0.350 e. The first-order valence-electron chi connectivity index (χ1n) is 5.88. The van der Waals surface area contributed by atoms with E-state index in [0.29, 0.717) is 0 Å². The second-order valence-electron chi connectivity index (χ2n) is 3.98. The fourth-order valence-electron chi connectivity index (χ4n) is 1.45. The average molecular weight is 442 g/mol. The molecule has 1 rings (SSSR count). The van der Waals surface area contributed by atoms with Gasteiger partial charge in [-0.15, -0.1) is 0 Å². The van der Waals surface area contributed by atoms with E-state index in [1.54, 1.807) is 0 Å². The summed E-state index contributed by atoms with van der Waals surface area (Å²) in [5.74, 6) is 2.23. The predicted molar refractivity (Wildman–Crippen MR) is 91.4 cm³/mol. The highest BCUT2D eigenvalue weighted by Crippen LogP contribution is 2.18. The molecule has 0 aromatic heterocycles. The van der Waals surface area contributed by atoms with Crippen LogP contribution in [-0.4, -0.2) is 23.5 Å². The predicted octanol–water partition coefficient (Wildman–Crippen LogP) is 4.32. The van der Waals surface area contributed by atoms with Gasteiger partial charge in [0.2, 0.25) is 0 Å². The number of hydrogen-bond acceptors (Lipinski definition) is 2. The van der Waals surface area contributed by atoms with Crippen molar-refractivity contribution in [1.82, 2.24) is 5.32 Å². The lowest BCUT2D eigenvalue weighted by Crippen LogP contribution is -2.33. The molecule has 0 aliphatic rings. The lowest BCUT2D eigenvalue weighted by atomic mass is 10.2. The summed E-state index contributed by atoms with van der Waals surface area (Å²) in [7, 11) is 0. The Morgan fingerprint density at radius 3 is 2.94 bits per heavy atom. The molecule has 1 aromatic carbocycles. The molecule has 1 unspecified atom stereocenters. The van der Waals surface area contributed by atoms with Crippen LogP contribution in [0, 0.1) is 3.57 Å². The van der Waals surface area contributed by atoms with Gasteiger partial charge in [0.1, 0.15) is 0 Å². The van der Waals surface area contributed by atoms with Gasteiger partial charge in [0.15, 0.2) is 0 Å². The number of carbonyl (C=O) groups excluding carboxylic acids is 1. The van der Waals surface area contributed by atoms with Gasteiger partial charge in [0, 0.05) is 14.1 Å². The third-order valence-electron chi connectivity index (χ3n) is 2.45. The molecule has 0 saturated heterocycles. The fourth-order valence-corrected chi connectivity index (χ4v) is 3.20. The minimum Gasteiger partial charge on any atom is -0.350 e. The average Bonchev–Trinajstić information content (AvgIpc) is 2.32. The molecule has 1 N–H and O–H groups in total. The lowest BCUT2D eigenvalue weighted by molar-refractivity contribution is 0.0938. The van der Waals surface area contributed by atoms with Gasteiger partial charge >= 0.3 is 0 Å². The van der Waals surface area contributed by atoms with E-state index < -0.39 is 0 Å². The molecule has 1 aromatic rings. The van der Waals surface area contributed by atoms with E-state index in [1.165, 1.54) is 0 Å². The summed E-state index contributed by atoms with van der Waals surface area (Å²) in [6.45, 7) is 4.21. The van der Waals surface area contributed by atoms with Crippen molar-refractivity contribution in [2.24, 2.45) is 0 Å². The van der Waals surface area contributed by atoms with E-state index >= 15 is 0 Å². The van der Waals surface area contributed by atoms with Crippen molar-refractivity contribution >= 4 is 56.2 Å². The van der Waals surface area contributed by atoms with Gasteiger partial charge < -0.3 is 5.32 Å². The number of nitrogens with one attached hydrogen (secondary N) is 1. The van der Waals surface area contributed by atoms with E-state index in [9.17, 15) is 4.79 Å². The van der Waals surface area contributed by atoms with Crippen LogP contribution in [0.15, 0.2) is 22.7 Å². The van der Waals surface area contributed by atoms with Crippen LogP contribution < -0.4 is 5.32 Å². The maximum Gasteiger partial charge on any atom is 0.252 e. The van der Waals surface area contributed by atoms with Gasteiger partial charge in [0.25, 0.3) is 5.91 Å². The first-order chi connectivity index (χ1) is 8.54. The molecule has 100 valence electrons. The van der Waals surface area contributed by atoms with Crippen LogP contribution in [0.2, 0.25) is 0 Å². The SMILES string of the molecule is CCSCCC(C)NC(=O)c1cc(Br)ccc1I. The minimum atomic E-state index is 0.00898. The van der Waals surface area contributed by atoms with Crippen LogP contribution in [0.5, 0.6) is 0 Å². The standard InChI is InChI=1S/C13H17BrINOS/c1-3-18-7-6-9(2)16-13(17)11-8-10(14)4-5-12(11)15/h4-5,8-9H,3,6-7H2,1-2H3,(H,16,17). The molecular formula is C13H17BrINOS. The van der Waals surface area contributed by atoms with E-state index in [1.807, 2.05) is 30.0 Å². The Kier molecular flexibility index (Phi) is 7.63. The normalized spacial score (nSPS) is 12.2. The quantitative estimate of drug-likeness (QED) is 0.526. The molecule has 0 fully saturated rings. The molecule has 18 heavy (non-hydrogen) atoms. The third-order valence-corrected chi connectivity index (χ3v) is 4.82. The third kappa shape index (κ3) is 5.48. The van der Waals surface area contributed by atoms with Gasteiger partial charge in [-0.25, -0.2) is 0 Å². The van der Waals surface area contributed by atoms with Gasteiger partial charge in [-0.05, 0) is 65.6 Å². The van der Waals surface area contributed by atoms with Crippen LogP contribution in [0.1, 0.15) is 30.6 Å². The van der Waals surface area contributed by atoms with Crippen LogP contribution in [0.25, 0.3) is 0 Å². The van der Waals surface area contributed by atoms with E-state index in [0.717, 1.165) is 31.5 Å². The highest BCUT2D eigenvalue weighted by Gasteiger charge is 2.13. The molecule has 0 aliphatic carbocycles. The Balaban J connectivity index is 2.56. The van der Waals surface area contributed by atoms with E-state index in [2.05, 4.69) is 57.7 Å². The monoisotopic (exact) mass is 441 g/mol. The lowest BCUT2D eigenvalue weighted by Gasteiger charge is -2.14. The molecule has 2 nitrogen and oxygen atoms in total. The first kappa shape index (κ1) is 16.3. The summed E-state index contributed by atoms with van der Waals surface area (Å²) in [4.78, 5) is 12.1. The summed E-state index contributed by atoms with van der Waals surface area (Å²) in [6, 6.07) is 5.97. The summed E-state index contributed by atoms with van der Waals surface area (Å²) >= 11 is 7.49. The van der Waals surface area contributed by atoms with Crippen LogP contribution in [-0.2, 0) is 0 Å². The molecule has 0 radical (unpaired) electrons. The van der Waals surface area contributed by atoms with Gasteiger partial charge in [0.05, 0.1) is 5.56 Å². The van der Waals surface area contributed by atoms with E-state index in [-0.39, 0.29) is 11.9 Å². The van der Waals surface area contributed by atoms with Crippen molar-refractivity contribution in [3.05, 3.63) is 31.8 Å². The maximum absolute atomic E-state index is 12.1. The summed E-state index contributed by atoms with van der Waals surface area (Å²) < 4.78 is 1.91. The number of amides is 1. The van der Waals surface area contributed by atoms with Gasteiger partial charge in [-0.2, -0.15) is 11.8 Å². The van der Waals surface area contributed by atoms with Crippen LogP contribution in [0.4, 0.5) is 0 Å². The Labute approximate surface area is 135 Å². The van der Waals surface area contributed by atoms with Gasteiger partial charge in [-0.3, -0.25) is 4.79 Å².